The van der Waals surface area contributed by atoms with E-state index in [1.165, 1.54) is 44.9 Å². The van der Waals surface area contributed by atoms with Crippen LogP contribution in [0, 0.1) is 5.41 Å². The zero-order valence-corrected chi connectivity index (χ0v) is 11.4. The summed E-state index contributed by atoms with van der Waals surface area (Å²) in [6.45, 7) is 3.85. The van der Waals surface area contributed by atoms with Gasteiger partial charge in [-0.1, -0.05) is 19.3 Å². The Morgan fingerprint density at radius 3 is 2.39 bits per heavy atom. The fourth-order valence-electron chi connectivity index (χ4n) is 3.46. The smallest absolute Gasteiger partial charge is 0.234 e. The highest BCUT2D eigenvalue weighted by molar-refractivity contribution is 5.78. The van der Waals surface area contributed by atoms with E-state index in [1.807, 2.05) is 0 Å². The molecule has 1 spiro atoms. The van der Waals surface area contributed by atoms with Crippen molar-refractivity contribution in [2.45, 2.75) is 44.9 Å². The third-order valence-corrected chi connectivity index (χ3v) is 4.66. The molecule has 1 aliphatic heterocycles. The molecule has 0 aromatic carbocycles. The van der Waals surface area contributed by atoms with Crippen LogP contribution in [-0.2, 0) is 4.79 Å². The van der Waals surface area contributed by atoms with Crippen LogP contribution in [0.2, 0.25) is 0 Å². The van der Waals surface area contributed by atoms with Crippen LogP contribution in [0.15, 0.2) is 0 Å². The van der Waals surface area contributed by atoms with Crippen molar-refractivity contribution in [1.82, 2.24) is 10.2 Å². The Morgan fingerprint density at radius 2 is 1.78 bits per heavy atom. The molecule has 2 fully saturated rings. The number of likely N-dealkylation sites (tertiary alicyclic amines) is 1. The molecule has 18 heavy (non-hydrogen) atoms. The topological polar surface area (TPSA) is 58.4 Å². The molecule has 1 heterocycles. The van der Waals surface area contributed by atoms with Crippen LogP contribution in [0.1, 0.15) is 44.9 Å². The quantitative estimate of drug-likeness (QED) is 0.789. The number of rotatable bonds is 4. The average molecular weight is 253 g/mol. The number of nitrogens with two attached hydrogens (primary N) is 1. The summed E-state index contributed by atoms with van der Waals surface area (Å²) in [5.74, 6) is 0.125. The number of amides is 1. The first kappa shape index (κ1) is 13.8. The normalized spacial score (nSPS) is 24.1. The van der Waals surface area contributed by atoms with Gasteiger partial charge >= 0.3 is 0 Å². The van der Waals surface area contributed by atoms with E-state index in [9.17, 15) is 4.79 Å². The molecule has 4 nitrogen and oxygen atoms in total. The second-order valence-corrected chi connectivity index (χ2v) is 5.98. The Morgan fingerprint density at radius 1 is 1.11 bits per heavy atom. The van der Waals surface area contributed by atoms with Crippen LogP contribution < -0.4 is 11.1 Å². The van der Waals surface area contributed by atoms with Crippen molar-refractivity contribution in [2.75, 3.05) is 32.7 Å². The van der Waals surface area contributed by atoms with Gasteiger partial charge in [0.25, 0.3) is 0 Å². The largest absolute Gasteiger partial charge is 0.354 e. The molecule has 4 heteroatoms. The molecule has 1 amide bonds. The fraction of sp³-hybridized carbons (Fsp3) is 0.929. The molecule has 2 rings (SSSR count). The average Bonchev–Trinajstić information content (AvgIpc) is 2.40. The minimum absolute atomic E-state index is 0.125. The molecule has 1 saturated carbocycles. The minimum Gasteiger partial charge on any atom is -0.354 e. The van der Waals surface area contributed by atoms with E-state index in [2.05, 4.69) is 10.2 Å². The maximum absolute atomic E-state index is 11.6. The molecule has 3 N–H and O–H groups in total. The Balaban J connectivity index is 1.71. The lowest BCUT2D eigenvalue weighted by Gasteiger charge is -2.44. The van der Waals surface area contributed by atoms with Gasteiger partial charge in [-0.15, -0.1) is 0 Å². The lowest BCUT2D eigenvalue weighted by Crippen LogP contribution is -2.45. The molecule has 1 aliphatic carbocycles. The van der Waals surface area contributed by atoms with Gasteiger partial charge in [0.15, 0.2) is 0 Å². The second kappa shape index (κ2) is 6.53. The molecular formula is C14H27N3O. The first-order valence-corrected chi connectivity index (χ1v) is 7.43. The highest BCUT2D eigenvalue weighted by atomic mass is 16.2. The minimum atomic E-state index is 0.125. The molecule has 0 aromatic heterocycles. The van der Waals surface area contributed by atoms with Crippen LogP contribution in [-0.4, -0.2) is 43.5 Å². The van der Waals surface area contributed by atoms with Gasteiger partial charge in [0.05, 0.1) is 6.54 Å². The molecule has 0 atom stereocenters. The second-order valence-electron chi connectivity index (χ2n) is 5.98. The van der Waals surface area contributed by atoms with E-state index in [0.29, 0.717) is 25.0 Å². The van der Waals surface area contributed by atoms with Crippen molar-refractivity contribution in [3.05, 3.63) is 0 Å². The van der Waals surface area contributed by atoms with Gasteiger partial charge in [0.2, 0.25) is 5.91 Å². The number of nitrogens with zero attached hydrogens (tertiary/aromatic N) is 1. The zero-order valence-electron chi connectivity index (χ0n) is 11.4. The number of hydrogen-bond donors (Lipinski definition) is 2. The van der Waals surface area contributed by atoms with Crippen molar-refractivity contribution >= 4 is 5.91 Å². The SMILES string of the molecule is NCCNC(=O)CN1CCC2(CCCCC2)CC1. The molecule has 2 aliphatic rings. The number of piperidine rings is 1. The van der Waals surface area contributed by atoms with Crippen LogP contribution >= 0.6 is 0 Å². The van der Waals surface area contributed by atoms with E-state index < -0.39 is 0 Å². The Bertz CT molecular complexity index is 264. The number of carbonyl (C=O) groups excluding carboxylic acids is 1. The standard InChI is InChI=1S/C14H27N3O/c15-8-9-16-13(18)12-17-10-6-14(7-11-17)4-2-1-3-5-14/h1-12,15H2,(H,16,18). The van der Waals surface area contributed by atoms with E-state index in [1.54, 1.807) is 0 Å². The number of carbonyl (C=O) groups is 1. The zero-order chi connectivity index (χ0) is 12.8. The summed E-state index contributed by atoms with van der Waals surface area (Å²) in [5, 5.41) is 2.85. The molecule has 0 radical (unpaired) electrons. The summed E-state index contributed by atoms with van der Waals surface area (Å²) in [6, 6.07) is 0. The van der Waals surface area contributed by atoms with Gasteiger partial charge in [-0.25, -0.2) is 0 Å². The highest BCUT2D eigenvalue weighted by Gasteiger charge is 2.35. The van der Waals surface area contributed by atoms with Gasteiger partial charge in [-0.05, 0) is 44.2 Å². The summed E-state index contributed by atoms with van der Waals surface area (Å²) >= 11 is 0. The van der Waals surface area contributed by atoms with E-state index in [0.717, 1.165) is 13.1 Å². The summed E-state index contributed by atoms with van der Waals surface area (Å²) < 4.78 is 0. The van der Waals surface area contributed by atoms with Gasteiger partial charge in [0, 0.05) is 13.1 Å². The van der Waals surface area contributed by atoms with Gasteiger partial charge < -0.3 is 11.1 Å². The first-order chi connectivity index (χ1) is 8.74. The predicted molar refractivity (Wildman–Crippen MR) is 73.3 cm³/mol. The third kappa shape index (κ3) is 3.69. The summed E-state index contributed by atoms with van der Waals surface area (Å²) in [6.07, 6.45) is 9.66. The molecule has 1 saturated heterocycles. The number of nitrogens with one attached hydrogen (secondary N) is 1. The van der Waals surface area contributed by atoms with Crippen molar-refractivity contribution in [2.24, 2.45) is 11.1 Å². The molecular weight excluding hydrogens is 226 g/mol. The van der Waals surface area contributed by atoms with Gasteiger partial charge in [0.1, 0.15) is 0 Å². The predicted octanol–water partition coefficient (Wildman–Crippen LogP) is 1.11. The van der Waals surface area contributed by atoms with Crippen molar-refractivity contribution in [1.29, 1.82) is 0 Å². The summed E-state index contributed by atoms with van der Waals surface area (Å²) in [5.41, 5.74) is 6.00. The Labute approximate surface area is 110 Å². The lowest BCUT2D eigenvalue weighted by atomic mass is 9.68. The maximum atomic E-state index is 11.6. The number of hydrogen-bond acceptors (Lipinski definition) is 3. The highest BCUT2D eigenvalue weighted by Crippen LogP contribution is 2.44. The third-order valence-electron chi connectivity index (χ3n) is 4.66. The monoisotopic (exact) mass is 253 g/mol. The lowest BCUT2D eigenvalue weighted by molar-refractivity contribution is -0.122. The summed E-state index contributed by atoms with van der Waals surface area (Å²) in [4.78, 5) is 13.9. The maximum Gasteiger partial charge on any atom is 0.234 e. The van der Waals surface area contributed by atoms with Crippen LogP contribution in [0.4, 0.5) is 0 Å². The molecule has 0 aromatic rings. The van der Waals surface area contributed by atoms with Gasteiger partial charge in [-0.2, -0.15) is 0 Å². The van der Waals surface area contributed by atoms with E-state index >= 15 is 0 Å². The van der Waals surface area contributed by atoms with Crippen molar-refractivity contribution < 1.29 is 4.79 Å². The van der Waals surface area contributed by atoms with E-state index in [-0.39, 0.29) is 5.91 Å². The van der Waals surface area contributed by atoms with Crippen LogP contribution in [0.3, 0.4) is 0 Å². The van der Waals surface area contributed by atoms with E-state index in [4.69, 9.17) is 5.73 Å². The Hall–Kier alpha value is -0.610. The van der Waals surface area contributed by atoms with Gasteiger partial charge in [-0.3, -0.25) is 9.69 Å². The van der Waals surface area contributed by atoms with Crippen LogP contribution in [0.5, 0.6) is 0 Å². The molecule has 0 bridgehead atoms. The first-order valence-electron chi connectivity index (χ1n) is 7.43. The van der Waals surface area contributed by atoms with Crippen molar-refractivity contribution in [3.63, 3.8) is 0 Å². The molecule has 0 unspecified atom stereocenters. The molecule has 104 valence electrons. The Kier molecular flexibility index (Phi) is 5.01. The summed E-state index contributed by atoms with van der Waals surface area (Å²) in [7, 11) is 0. The van der Waals surface area contributed by atoms with Crippen LogP contribution in [0.25, 0.3) is 0 Å². The fourth-order valence-corrected chi connectivity index (χ4v) is 3.46. The van der Waals surface area contributed by atoms with Crippen molar-refractivity contribution in [3.8, 4) is 0 Å².